The molecular formula is C19H32FIN4. The van der Waals surface area contributed by atoms with E-state index in [-0.39, 0.29) is 29.8 Å². The molecule has 142 valence electrons. The van der Waals surface area contributed by atoms with Crippen molar-refractivity contribution in [1.82, 2.24) is 15.5 Å². The molecule has 0 spiro atoms. The van der Waals surface area contributed by atoms with Crippen molar-refractivity contribution >= 4 is 29.9 Å². The first-order valence-corrected chi connectivity index (χ1v) is 9.08. The summed E-state index contributed by atoms with van der Waals surface area (Å²) in [6.07, 6.45) is 5.03. The maximum Gasteiger partial charge on any atom is 0.191 e. The Morgan fingerprint density at radius 1 is 1.24 bits per heavy atom. The van der Waals surface area contributed by atoms with Crippen LogP contribution in [0.4, 0.5) is 4.39 Å². The summed E-state index contributed by atoms with van der Waals surface area (Å²) < 4.78 is 13.2. The Hall–Kier alpha value is -0.890. The quantitative estimate of drug-likeness (QED) is 0.282. The van der Waals surface area contributed by atoms with E-state index in [1.54, 1.807) is 19.2 Å². The summed E-state index contributed by atoms with van der Waals surface area (Å²) in [4.78, 5) is 6.79. The Balaban J connectivity index is 0.00000312. The van der Waals surface area contributed by atoms with Crippen LogP contribution < -0.4 is 10.6 Å². The zero-order valence-corrected chi connectivity index (χ0v) is 17.8. The first-order chi connectivity index (χ1) is 11.7. The van der Waals surface area contributed by atoms with Gasteiger partial charge in [0.25, 0.3) is 0 Å². The normalized spacial score (nSPS) is 16.4. The molecule has 4 nitrogen and oxygen atoms in total. The molecule has 0 bridgehead atoms. The molecule has 1 heterocycles. The summed E-state index contributed by atoms with van der Waals surface area (Å²) in [7, 11) is 1.76. The molecule has 0 saturated carbocycles. The number of rotatable bonds is 7. The highest BCUT2D eigenvalue weighted by atomic mass is 127. The first-order valence-electron chi connectivity index (χ1n) is 9.08. The zero-order chi connectivity index (χ0) is 17.2. The average molecular weight is 462 g/mol. The molecular weight excluding hydrogens is 430 g/mol. The molecule has 0 radical (unpaired) electrons. The molecule has 6 heteroatoms. The molecule has 1 aliphatic rings. The van der Waals surface area contributed by atoms with E-state index >= 15 is 0 Å². The highest BCUT2D eigenvalue weighted by Gasteiger charge is 2.14. The van der Waals surface area contributed by atoms with Crippen LogP contribution in [0.2, 0.25) is 0 Å². The number of unbranched alkanes of at least 4 members (excludes halogenated alkanes) is 1. The lowest BCUT2D eigenvalue weighted by molar-refractivity contribution is 0.189. The summed E-state index contributed by atoms with van der Waals surface area (Å²) in [6, 6.07) is 6.63. The molecule has 0 unspecified atom stereocenters. The molecule has 0 amide bonds. The van der Waals surface area contributed by atoms with E-state index in [9.17, 15) is 4.39 Å². The van der Waals surface area contributed by atoms with Crippen molar-refractivity contribution in [3.05, 3.63) is 35.6 Å². The molecule has 1 aliphatic heterocycles. The third-order valence-corrected chi connectivity index (χ3v) is 4.64. The van der Waals surface area contributed by atoms with Crippen molar-refractivity contribution in [2.45, 2.75) is 39.2 Å². The van der Waals surface area contributed by atoms with Crippen LogP contribution in [0.1, 0.15) is 38.2 Å². The Bertz CT molecular complexity index is 516. The number of nitrogens with one attached hydrogen (secondary N) is 2. The Morgan fingerprint density at radius 3 is 2.68 bits per heavy atom. The summed E-state index contributed by atoms with van der Waals surface area (Å²) in [5.41, 5.74) is 0.914. The van der Waals surface area contributed by atoms with Gasteiger partial charge in [0.05, 0.1) is 0 Å². The monoisotopic (exact) mass is 462 g/mol. The number of halogens is 2. The fourth-order valence-corrected chi connectivity index (χ4v) is 3.01. The van der Waals surface area contributed by atoms with Gasteiger partial charge in [0.2, 0.25) is 0 Å². The van der Waals surface area contributed by atoms with E-state index in [1.807, 2.05) is 6.07 Å². The number of piperidine rings is 1. The highest BCUT2D eigenvalue weighted by molar-refractivity contribution is 14.0. The minimum absolute atomic E-state index is 0. The molecule has 25 heavy (non-hydrogen) atoms. The Kier molecular flexibility index (Phi) is 11.0. The zero-order valence-electron chi connectivity index (χ0n) is 15.4. The van der Waals surface area contributed by atoms with Gasteiger partial charge in [-0.2, -0.15) is 0 Å². The van der Waals surface area contributed by atoms with Crippen LogP contribution in [-0.4, -0.2) is 44.1 Å². The van der Waals surface area contributed by atoms with Crippen molar-refractivity contribution in [3.8, 4) is 0 Å². The van der Waals surface area contributed by atoms with Gasteiger partial charge in [-0.1, -0.05) is 19.1 Å². The van der Waals surface area contributed by atoms with E-state index in [4.69, 9.17) is 0 Å². The van der Waals surface area contributed by atoms with E-state index in [1.165, 1.54) is 45.0 Å². The summed E-state index contributed by atoms with van der Waals surface area (Å²) in [6.45, 7) is 7.54. The van der Waals surface area contributed by atoms with Gasteiger partial charge in [-0.25, -0.2) is 4.39 Å². The second-order valence-electron chi connectivity index (χ2n) is 6.71. The second-order valence-corrected chi connectivity index (χ2v) is 6.71. The van der Waals surface area contributed by atoms with Crippen LogP contribution in [0.3, 0.4) is 0 Å². The number of likely N-dealkylation sites (tertiary alicyclic amines) is 1. The topological polar surface area (TPSA) is 39.7 Å². The molecule has 0 aromatic heterocycles. The predicted molar refractivity (Wildman–Crippen MR) is 114 cm³/mol. The van der Waals surface area contributed by atoms with Crippen molar-refractivity contribution in [2.24, 2.45) is 10.9 Å². The van der Waals surface area contributed by atoms with Crippen LogP contribution in [0.25, 0.3) is 0 Å². The van der Waals surface area contributed by atoms with Gasteiger partial charge in [-0.15, -0.1) is 24.0 Å². The molecule has 1 saturated heterocycles. The van der Waals surface area contributed by atoms with Gasteiger partial charge < -0.3 is 15.5 Å². The second kappa shape index (κ2) is 12.5. The molecule has 1 fully saturated rings. The first kappa shape index (κ1) is 22.2. The Labute approximate surface area is 168 Å². The number of guanidine groups is 1. The summed E-state index contributed by atoms with van der Waals surface area (Å²) in [5, 5.41) is 6.55. The molecule has 2 N–H and O–H groups in total. The number of hydrogen-bond donors (Lipinski definition) is 2. The fourth-order valence-electron chi connectivity index (χ4n) is 3.01. The van der Waals surface area contributed by atoms with Gasteiger partial charge in [-0.05, 0) is 68.9 Å². The van der Waals surface area contributed by atoms with Crippen molar-refractivity contribution in [2.75, 3.05) is 33.2 Å². The lowest BCUT2D eigenvalue weighted by Crippen LogP contribution is -2.38. The van der Waals surface area contributed by atoms with E-state index in [0.717, 1.165) is 30.4 Å². The number of benzene rings is 1. The lowest BCUT2D eigenvalue weighted by atomic mass is 9.99. The molecule has 1 aromatic carbocycles. The van der Waals surface area contributed by atoms with Crippen LogP contribution in [0, 0.1) is 11.7 Å². The van der Waals surface area contributed by atoms with Crippen molar-refractivity contribution in [1.29, 1.82) is 0 Å². The third-order valence-electron chi connectivity index (χ3n) is 4.64. The fraction of sp³-hybridized carbons (Fsp3) is 0.632. The number of hydrogen-bond acceptors (Lipinski definition) is 2. The highest BCUT2D eigenvalue weighted by Crippen LogP contribution is 2.16. The van der Waals surface area contributed by atoms with Crippen LogP contribution in [-0.2, 0) is 6.54 Å². The summed E-state index contributed by atoms with van der Waals surface area (Å²) in [5.74, 6) is 1.46. The molecule has 2 rings (SSSR count). The van der Waals surface area contributed by atoms with Crippen LogP contribution in [0.5, 0.6) is 0 Å². The van der Waals surface area contributed by atoms with Crippen molar-refractivity contribution in [3.63, 3.8) is 0 Å². The minimum atomic E-state index is -0.204. The largest absolute Gasteiger partial charge is 0.356 e. The van der Waals surface area contributed by atoms with Gasteiger partial charge in [-0.3, -0.25) is 4.99 Å². The number of nitrogens with zero attached hydrogens (tertiary/aromatic N) is 2. The van der Waals surface area contributed by atoms with Crippen LogP contribution >= 0.6 is 24.0 Å². The van der Waals surface area contributed by atoms with Crippen LogP contribution in [0.15, 0.2) is 29.3 Å². The SMILES string of the molecule is CN=C(NCCCCN1CCC(C)CC1)NCc1cccc(F)c1.I. The standard InChI is InChI=1S/C19H31FN4.HI/c1-16-8-12-24(13-9-16)11-4-3-10-22-19(21-2)23-15-17-6-5-7-18(20)14-17;/h5-7,14,16H,3-4,8-13,15H2,1-2H3,(H2,21,22,23);1H. The molecule has 1 aromatic rings. The smallest absolute Gasteiger partial charge is 0.191 e. The molecule has 0 atom stereocenters. The average Bonchev–Trinajstić information content (AvgIpc) is 2.59. The Morgan fingerprint density at radius 2 is 2.00 bits per heavy atom. The van der Waals surface area contributed by atoms with Crippen molar-refractivity contribution < 1.29 is 4.39 Å². The van der Waals surface area contributed by atoms with E-state index < -0.39 is 0 Å². The predicted octanol–water partition coefficient (Wildman–Crippen LogP) is 3.62. The summed E-state index contributed by atoms with van der Waals surface area (Å²) >= 11 is 0. The lowest BCUT2D eigenvalue weighted by Gasteiger charge is -2.30. The van der Waals surface area contributed by atoms with Gasteiger partial charge >= 0.3 is 0 Å². The van der Waals surface area contributed by atoms with Gasteiger partial charge in [0.15, 0.2) is 5.96 Å². The van der Waals surface area contributed by atoms with Gasteiger partial charge in [0.1, 0.15) is 5.82 Å². The van der Waals surface area contributed by atoms with E-state index in [2.05, 4.69) is 27.4 Å². The number of aliphatic imine (C=N–C) groups is 1. The maximum atomic E-state index is 13.2. The van der Waals surface area contributed by atoms with Gasteiger partial charge in [0, 0.05) is 20.1 Å². The maximum absolute atomic E-state index is 13.2. The van der Waals surface area contributed by atoms with E-state index in [0.29, 0.717) is 6.54 Å². The minimum Gasteiger partial charge on any atom is -0.356 e. The molecule has 0 aliphatic carbocycles. The third kappa shape index (κ3) is 8.85.